The number of fused-ring (bicyclic) bond motifs is 3. The van der Waals surface area contributed by atoms with E-state index in [4.69, 9.17) is 20.6 Å². The molecule has 5 aromatic rings. The highest BCUT2D eigenvalue weighted by Gasteiger charge is 2.29. The number of nitro groups is 1. The number of non-ortho nitro benzene ring substituents is 1. The molecule has 0 bridgehead atoms. The van der Waals surface area contributed by atoms with Crippen molar-refractivity contribution in [2.75, 3.05) is 38.1 Å². The Hall–Kier alpha value is -9.05. The van der Waals surface area contributed by atoms with E-state index in [-0.39, 0.29) is 68.0 Å². The highest BCUT2D eigenvalue weighted by Crippen LogP contribution is 2.44. The van der Waals surface area contributed by atoms with Crippen LogP contribution in [-0.2, 0) is 52.9 Å². The Bertz CT molecular complexity index is 2710. The predicted octanol–water partition coefficient (Wildman–Crippen LogP) is 4.82. The smallest absolute Gasteiger partial charge is 0.449 e. The lowest BCUT2D eigenvalue weighted by atomic mass is 9.98. The number of alkyl carbamates (subject to hydrolysis) is 1. The van der Waals surface area contributed by atoms with Gasteiger partial charge in [0.05, 0.1) is 18.0 Å². The maximum absolute atomic E-state index is 13.5. The Morgan fingerprint density at radius 3 is 2.03 bits per heavy atom. The first-order valence-electron chi connectivity index (χ1n) is 22.0. The molecular weight excluding hydrogens is 903 g/mol. The van der Waals surface area contributed by atoms with Crippen LogP contribution in [0.25, 0.3) is 11.1 Å². The maximum atomic E-state index is 13.5. The molecule has 19 nitrogen and oxygen atoms in total. The summed E-state index contributed by atoms with van der Waals surface area (Å²) in [6.45, 7) is -1.48. The van der Waals surface area contributed by atoms with Crippen LogP contribution in [0.2, 0.25) is 0 Å². The predicted molar refractivity (Wildman–Crippen MR) is 255 cm³/mol. The van der Waals surface area contributed by atoms with Crippen molar-refractivity contribution in [3.05, 3.63) is 159 Å². The Labute approximate surface area is 402 Å². The molecular formula is C51H49N7O12. The fourth-order valence-electron chi connectivity index (χ4n) is 7.43. The number of benzene rings is 5. The molecule has 0 fully saturated rings. The molecule has 0 radical (unpaired) electrons. The van der Waals surface area contributed by atoms with Crippen LogP contribution in [0.3, 0.4) is 0 Å². The molecule has 0 unspecified atom stereocenters. The van der Waals surface area contributed by atoms with E-state index in [1.54, 1.807) is 42.5 Å². The number of ether oxygens (including phenoxy) is 3. The molecule has 1 aliphatic rings. The van der Waals surface area contributed by atoms with Crippen molar-refractivity contribution < 1.29 is 52.7 Å². The molecule has 6 N–H and O–H groups in total. The Morgan fingerprint density at radius 2 is 1.34 bits per heavy atom. The van der Waals surface area contributed by atoms with Crippen LogP contribution in [0, 0.1) is 22.5 Å². The van der Waals surface area contributed by atoms with Crippen LogP contribution in [-0.4, -0.2) is 85.5 Å². The van der Waals surface area contributed by atoms with Gasteiger partial charge in [-0.3, -0.25) is 34.1 Å². The normalized spacial score (nSPS) is 11.5. The molecule has 19 heteroatoms. The molecule has 0 spiro atoms. The van der Waals surface area contributed by atoms with Crippen LogP contribution < -0.4 is 36.6 Å². The number of nitrogens with one attached hydrogen (secondary N) is 6. The van der Waals surface area contributed by atoms with Gasteiger partial charge < -0.3 is 46.1 Å². The summed E-state index contributed by atoms with van der Waals surface area (Å²) in [5, 5.41) is 26.3. The number of carbonyl (C=O) groups is 7. The summed E-state index contributed by atoms with van der Waals surface area (Å²) in [7, 11) is 0. The van der Waals surface area contributed by atoms with Gasteiger partial charge in [0.1, 0.15) is 31.5 Å². The summed E-state index contributed by atoms with van der Waals surface area (Å²) in [4.78, 5) is 100. The number of nitro benzene ring substituents is 1. The van der Waals surface area contributed by atoms with Gasteiger partial charge in [-0.2, -0.15) is 0 Å². The van der Waals surface area contributed by atoms with E-state index in [1.807, 2.05) is 48.5 Å². The third-order valence-electron chi connectivity index (χ3n) is 10.8. The molecule has 5 aromatic carbocycles. The number of amides is 6. The molecule has 1 aliphatic carbocycles. The molecule has 0 aromatic heterocycles. The Morgan fingerprint density at radius 1 is 0.686 bits per heavy atom. The molecule has 0 saturated carbocycles. The third kappa shape index (κ3) is 15.0. The first kappa shape index (κ1) is 50.4. The first-order valence-corrected chi connectivity index (χ1v) is 22.0. The Balaban J connectivity index is 0.986. The number of carbonyl (C=O) groups excluding carboxylic acids is 7. The number of rotatable bonds is 22. The minimum atomic E-state index is -1.16. The van der Waals surface area contributed by atoms with Crippen molar-refractivity contribution >= 4 is 53.2 Å². The number of anilines is 1. The number of terminal acetylenes is 1. The van der Waals surface area contributed by atoms with Crippen LogP contribution in [0.4, 0.5) is 21.0 Å². The van der Waals surface area contributed by atoms with E-state index in [0.29, 0.717) is 23.1 Å². The van der Waals surface area contributed by atoms with Gasteiger partial charge in [-0.1, -0.05) is 84.9 Å². The molecule has 6 amide bonds. The van der Waals surface area contributed by atoms with E-state index >= 15 is 0 Å². The summed E-state index contributed by atoms with van der Waals surface area (Å²) >= 11 is 0. The zero-order valence-corrected chi connectivity index (χ0v) is 37.7. The standard InChI is InChI=1S/C51H49N7O12/c1-2-3-25-52-45(59)24-18-34-27-36(19-17-35(34)31-69-51(65)70-38-22-20-37(21-23-38)58(66)67)56-47(61)30-54-49(63)44(26-33-11-5-4-6-12-33)57-48(62)29-53-46(60)28-55-50(64)68-32-43-41-15-9-7-13-39(41)40-14-8-10-16-42(40)43/h1,4-17,19-23,27,43-44H,3,18,24-26,28-32H2,(H,52,59)(H,53,60)(H,54,63)(H,55,64)(H,56,61)(H,57,62)/t44-/m0/s1. The van der Waals surface area contributed by atoms with Gasteiger partial charge >= 0.3 is 12.2 Å². The number of nitrogens with zero attached hydrogens (tertiary/aromatic N) is 1. The number of aryl methyl sites for hydroxylation is 1. The molecule has 6 rings (SSSR count). The van der Waals surface area contributed by atoms with Gasteiger partial charge in [-0.25, -0.2) is 9.59 Å². The van der Waals surface area contributed by atoms with E-state index in [0.717, 1.165) is 22.3 Å². The summed E-state index contributed by atoms with van der Waals surface area (Å²) < 4.78 is 15.9. The van der Waals surface area contributed by atoms with E-state index in [2.05, 4.69) is 37.8 Å². The number of hydrogen-bond donors (Lipinski definition) is 6. The van der Waals surface area contributed by atoms with Gasteiger partial charge in [0, 0.05) is 49.5 Å². The molecule has 70 heavy (non-hydrogen) atoms. The van der Waals surface area contributed by atoms with Crippen LogP contribution >= 0.6 is 0 Å². The summed E-state index contributed by atoms with van der Waals surface area (Å²) in [6.07, 6.45) is 3.94. The van der Waals surface area contributed by atoms with Gasteiger partial charge in [-0.15, -0.1) is 12.3 Å². The SMILES string of the molecule is C#CCCNC(=O)CCc1cc(NC(=O)CNC(=O)[C@H](Cc2ccccc2)NC(=O)CNC(=O)CNC(=O)OCC2c3ccccc3-c3ccccc32)ccc1COC(=O)Oc1ccc([N+](=O)[O-])cc1. The van der Waals surface area contributed by atoms with Gasteiger partial charge in [0.15, 0.2) is 0 Å². The largest absolute Gasteiger partial charge is 0.514 e. The van der Waals surface area contributed by atoms with Crippen molar-refractivity contribution in [1.29, 1.82) is 0 Å². The fraction of sp³-hybridized carbons (Fsp3) is 0.235. The van der Waals surface area contributed by atoms with Crippen LogP contribution in [0.1, 0.15) is 46.6 Å². The monoisotopic (exact) mass is 951 g/mol. The molecule has 0 aliphatic heterocycles. The fourth-order valence-corrected chi connectivity index (χ4v) is 7.43. The first-order chi connectivity index (χ1) is 33.9. The lowest BCUT2D eigenvalue weighted by molar-refractivity contribution is -0.384. The Kier molecular flexibility index (Phi) is 18.1. The van der Waals surface area contributed by atoms with Crippen molar-refractivity contribution in [2.24, 2.45) is 0 Å². The van der Waals surface area contributed by atoms with E-state index < -0.39 is 66.5 Å². The van der Waals surface area contributed by atoms with Crippen molar-refractivity contribution in [2.45, 2.75) is 44.2 Å². The minimum absolute atomic E-state index is 0.0155. The molecule has 1 atom stereocenters. The summed E-state index contributed by atoms with van der Waals surface area (Å²) in [5.74, 6) is -0.736. The minimum Gasteiger partial charge on any atom is -0.449 e. The highest BCUT2D eigenvalue weighted by atomic mass is 16.7. The molecule has 0 saturated heterocycles. The topological polar surface area (TPSA) is 262 Å². The van der Waals surface area contributed by atoms with Crippen molar-refractivity contribution in [3.63, 3.8) is 0 Å². The average Bonchev–Trinajstić information content (AvgIpc) is 3.68. The van der Waals surface area contributed by atoms with Gasteiger partial charge in [0.25, 0.3) is 5.69 Å². The second-order valence-electron chi connectivity index (χ2n) is 15.7. The van der Waals surface area contributed by atoms with Gasteiger partial charge in [0.2, 0.25) is 29.5 Å². The van der Waals surface area contributed by atoms with Gasteiger partial charge in [-0.05, 0) is 69.6 Å². The molecule has 360 valence electrons. The zero-order valence-electron chi connectivity index (χ0n) is 37.7. The maximum Gasteiger partial charge on any atom is 0.514 e. The third-order valence-corrected chi connectivity index (χ3v) is 10.8. The highest BCUT2D eigenvalue weighted by molar-refractivity contribution is 5.96. The second-order valence-corrected chi connectivity index (χ2v) is 15.7. The van der Waals surface area contributed by atoms with Crippen molar-refractivity contribution in [1.82, 2.24) is 26.6 Å². The van der Waals surface area contributed by atoms with Crippen molar-refractivity contribution in [3.8, 4) is 29.2 Å². The second kappa shape index (κ2) is 25.2. The van der Waals surface area contributed by atoms with E-state index in [1.165, 1.54) is 30.3 Å². The lowest BCUT2D eigenvalue weighted by Crippen LogP contribution is -2.52. The average molecular weight is 952 g/mol. The van der Waals surface area contributed by atoms with Crippen LogP contribution in [0.15, 0.2) is 121 Å². The molecule has 0 heterocycles. The number of hydrogen-bond acceptors (Lipinski definition) is 12. The lowest BCUT2D eigenvalue weighted by Gasteiger charge is -2.19. The summed E-state index contributed by atoms with van der Waals surface area (Å²) in [5.41, 5.74) is 6.01. The quantitative estimate of drug-likeness (QED) is 0.0136. The van der Waals surface area contributed by atoms with Crippen LogP contribution in [0.5, 0.6) is 5.75 Å². The van der Waals surface area contributed by atoms with E-state index in [9.17, 15) is 43.7 Å². The summed E-state index contributed by atoms with van der Waals surface area (Å²) in [6, 6.07) is 32.9. The zero-order chi connectivity index (χ0) is 49.8.